The van der Waals surface area contributed by atoms with Crippen LogP contribution in [0.3, 0.4) is 0 Å². The van der Waals surface area contributed by atoms with Crippen molar-refractivity contribution in [2.75, 3.05) is 6.61 Å². The van der Waals surface area contributed by atoms with Gasteiger partial charge in [-0.2, -0.15) is 0 Å². The molecule has 110 valence electrons. The Hall–Kier alpha value is -1.51. The molecule has 1 aliphatic rings. The standard InChI is InChI=1S/C17H25NO2/c1-12-5-7-16(14(3)10-12)20-9-8-17(19)18-15-6-4-13(2)11-15/h5,7,10,13,15H,4,6,8-9,11H2,1-3H3,(H,18,19). The summed E-state index contributed by atoms with van der Waals surface area (Å²) in [5.41, 5.74) is 2.35. The van der Waals surface area contributed by atoms with Crippen LogP contribution >= 0.6 is 0 Å². The highest BCUT2D eigenvalue weighted by Crippen LogP contribution is 2.24. The summed E-state index contributed by atoms with van der Waals surface area (Å²) in [5.74, 6) is 1.72. The van der Waals surface area contributed by atoms with Crippen LogP contribution in [0.1, 0.15) is 43.7 Å². The molecular formula is C17H25NO2. The maximum absolute atomic E-state index is 11.8. The number of amides is 1. The summed E-state index contributed by atoms with van der Waals surface area (Å²) in [6, 6.07) is 6.47. The van der Waals surface area contributed by atoms with E-state index in [1.165, 1.54) is 12.0 Å². The lowest BCUT2D eigenvalue weighted by Crippen LogP contribution is -2.33. The number of ether oxygens (including phenoxy) is 1. The Labute approximate surface area is 121 Å². The molecule has 1 saturated carbocycles. The minimum Gasteiger partial charge on any atom is -0.493 e. The lowest BCUT2D eigenvalue weighted by Gasteiger charge is -2.13. The van der Waals surface area contributed by atoms with Crippen LogP contribution in [0.15, 0.2) is 18.2 Å². The molecule has 1 N–H and O–H groups in total. The number of aryl methyl sites for hydroxylation is 2. The zero-order chi connectivity index (χ0) is 14.5. The Kier molecular flexibility index (Phi) is 5.05. The number of carbonyl (C=O) groups excluding carboxylic acids is 1. The molecule has 1 aliphatic carbocycles. The van der Waals surface area contributed by atoms with Gasteiger partial charge in [0.05, 0.1) is 13.0 Å². The molecule has 3 heteroatoms. The van der Waals surface area contributed by atoms with Gasteiger partial charge in [-0.25, -0.2) is 0 Å². The second kappa shape index (κ2) is 6.78. The van der Waals surface area contributed by atoms with Crippen LogP contribution in [0.25, 0.3) is 0 Å². The third-order valence-electron chi connectivity index (χ3n) is 3.98. The number of rotatable bonds is 5. The molecule has 0 aromatic heterocycles. The van der Waals surface area contributed by atoms with E-state index in [-0.39, 0.29) is 5.91 Å². The number of benzene rings is 1. The van der Waals surface area contributed by atoms with Crippen molar-refractivity contribution < 1.29 is 9.53 Å². The number of hydrogen-bond donors (Lipinski definition) is 1. The van der Waals surface area contributed by atoms with E-state index in [2.05, 4.69) is 25.2 Å². The lowest BCUT2D eigenvalue weighted by molar-refractivity contribution is -0.122. The molecule has 0 heterocycles. The molecule has 1 aromatic rings. The van der Waals surface area contributed by atoms with Crippen LogP contribution in [0, 0.1) is 19.8 Å². The molecule has 2 rings (SSSR count). The zero-order valence-electron chi connectivity index (χ0n) is 12.7. The molecule has 1 aromatic carbocycles. The lowest BCUT2D eigenvalue weighted by atomic mass is 10.1. The van der Waals surface area contributed by atoms with Crippen LogP contribution in [-0.4, -0.2) is 18.6 Å². The summed E-state index contributed by atoms with van der Waals surface area (Å²) in [4.78, 5) is 11.8. The first kappa shape index (κ1) is 14.9. The molecule has 2 unspecified atom stereocenters. The van der Waals surface area contributed by atoms with Crippen molar-refractivity contribution in [2.45, 2.75) is 52.5 Å². The Morgan fingerprint density at radius 2 is 2.15 bits per heavy atom. The smallest absolute Gasteiger partial charge is 0.223 e. The van der Waals surface area contributed by atoms with Gasteiger partial charge < -0.3 is 10.1 Å². The van der Waals surface area contributed by atoms with Crippen molar-refractivity contribution >= 4 is 5.91 Å². The second-order valence-corrected chi connectivity index (χ2v) is 6.05. The maximum atomic E-state index is 11.8. The van der Waals surface area contributed by atoms with Crippen LogP contribution in [0.4, 0.5) is 0 Å². The van der Waals surface area contributed by atoms with Gasteiger partial charge in [0, 0.05) is 6.04 Å². The summed E-state index contributed by atoms with van der Waals surface area (Å²) in [5, 5.41) is 3.10. The van der Waals surface area contributed by atoms with E-state index in [4.69, 9.17) is 4.74 Å². The largest absolute Gasteiger partial charge is 0.493 e. The molecule has 2 atom stereocenters. The summed E-state index contributed by atoms with van der Waals surface area (Å²) in [6.07, 6.45) is 3.89. The summed E-state index contributed by atoms with van der Waals surface area (Å²) in [7, 11) is 0. The van der Waals surface area contributed by atoms with E-state index < -0.39 is 0 Å². The molecule has 0 bridgehead atoms. The molecule has 0 spiro atoms. The van der Waals surface area contributed by atoms with E-state index in [9.17, 15) is 4.79 Å². The van der Waals surface area contributed by atoms with Gasteiger partial charge in [0.1, 0.15) is 5.75 Å². The average molecular weight is 275 g/mol. The van der Waals surface area contributed by atoms with Crippen LogP contribution in [0.2, 0.25) is 0 Å². The average Bonchev–Trinajstić information content (AvgIpc) is 2.77. The van der Waals surface area contributed by atoms with Gasteiger partial charge in [0.25, 0.3) is 0 Å². The molecule has 20 heavy (non-hydrogen) atoms. The van der Waals surface area contributed by atoms with Crippen molar-refractivity contribution in [1.29, 1.82) is 0 Å². The third kappa shape index (κ3) is 4.26. The third-order valence-corrected chi connectivity index (χ3v) is 3.98. The van der Waals surface area contributed by atoms with Crippen LogP contribution < -0.4 is 10.1 Å². The Morgan fingerprint density at radius 3 is 2.80 bits per heavy atom. The SMILES string of the molecule is Cc1ccc(OCCC(=O)NC2CCC(C)C2)c(C)c1. The number of hydrogen-bond acceptors (Lipinski definition) is 2. The molecular weight excluding hydrogens is 250 g/mol. The highest BCUT2D eigenvalue weighted by Gasteiger charge is 2.22. The fourth-order valence-electron chi connectivity index (χ4n) is 2.85. The highest BCUT2D eigenvalue weighted by atomic mass is 16.5. The van der Waals surface area contributed by atoms with E-state index in [0.29, 0.717) is 19.1 Å². The summed E-state index contributed by atoms with van der Waals surface area (Å²) < 4.78 is 5.69. The van der Waals surface area contributed by atoms with E-state index >= 15 is 0 Å². The van der Waals surface area contributed by atoms with Crippen molar-refractivity contribution in [1.82, 2.24) is 5.32 Å². The Bertz CT molecular complexity index is 470. The first-order valence-corrected chi connectivity index (χ1v) is 7.54. The van der Waals surface area contributed by atoms with Crippen molar-refractivity contribution in [3.63, 3.8) is 0 Å². The number of carbonyl (C=O) groups is 1. The van der Waals surface area contributed by atoms with Crippen molar-refractivity contribution in [2.24, 2.45) is 5.92 Å². The quantitative estimate of drug-likeness (QED) is 0.894. The topological polar surface area (TPSA) is 38.3 Å². The predicted octanol–water partition coefficient (Wildman–Crippen LogP) is 3.38. The van der Waals surface area contributed by atoms with Crippen molar-refractivity contribution in [3.8, 4) is 5.75 Å². The van der Waals surface area contributed by atoms with Gasteiger partial charge in [0.15, 0.2) is 0 Å². The molecule has 3 nitrogen and oxygen atoms in total. The molecule has 0 radical (unpaired) electrons. The Balaban J connectivity index is 1.71. The van der Waals surface area contributed by atoms with Crippen molar-refractivity contribution in [3.05, 3.63) is 29.3 Å². The van der Waals surface area contributed by atoms with Crippen LogP contribution in [0.5, 0.6) is 5.75 Å². The normalized spacial score (nSPS) is 21.8. The Morgan fingerprint density at radius 1 is 1.35 bits per heavy atom. The first-order chi connectivity index (χ1) is 9.54. The van der Waals surface area contributed by atoms with Gasteiger partial charge in [-0.05, 0) is 50.7 Å². The van der Waals surface area contributed by atoms with Gasteiger partial charge >= 0.3 is 0 Å². The van der Waals surface area contributed by atoms with Gasteiger partial charge in [0.2, 0.25) is 5.91 Å². The summed E-state index contributed by atoms with van der Waals surface area (Å²) in [6.45, 7) is 6.78. The molecule has 1 amide bonds. The van der Waals surface area contributed by atoms with E-state index in [0.717, 1.165) is 30.1 Å². The van der Waals surface area contributed by atoms with Gasteiger partial charge in [-0.15, -0.1) is 0 Å². The molecule has 0 aliphatic heterocycles. The van der Waals surface area contributed by atoms with Crippen LogP contribution in [-0.2, 0) is 4.79 Å². The number of nitrogens with one attached hydrogen (secondary N) is 1. The fraction of sp³-hybridized carbons (Fsp3) is 0.588. The molecule has 0 saturated heterocycles. The second-order valence-electron chi connectivity index (χ2n) is 6.05. The summed E-state index contributed by atoms with van der Waals surface area (Å²) >= 11 is 0. The molecule has 1 fully saturated rings. The zero-order valence-corrected chi connectivity index (χ0v) is 12.7. The minimum atomic E-state index is 0.105. The van der Waals surface area contributed by atoms with Gasteiger partial charge in [-0.1, -0.05) is 24.6 Å². The van der Waals surface area contributed by atoms with E-state index in [1.807, 2.05) is 19.1 Å². The first-order valence-electron chi connectivity index (χ1n) is 7.54. The monoisotopic (exact) mass is 275 g/mol. The highest BCUT2D eigenvalue weighted by molar-refractivity contribution is 5.76. The fourth-order valence-corrected chi connectivity index (χ4v) is 2.85. The maximum Gasteiger partial charge on any atom is 0.223 e. The minimum absolute atomic E-state index is 0.105. The van der Waals surface area contributed by atoms with E-state index in [1.54, 1.807) is 0 Å². The van der Waals surface area contributed by atoms with Gasteiger partial charge in [-0.3, -0.25) is 4.79 Å². The predicted molar refractivity (Wildman–Crippen MR) is 81.0 cm³/mol.